The van der Waals surface area contributed by atoms with Crippen LogP contribution in [0, 0.1) is 5.92 Å². The smallest absolute Gasteiger partial charge is 0.139 e. The summed E-state index contributed by atoms with van der Waals surface area (Å²) in [7, 11) is 0. The molecule has 15 rings (SSSR count). The van der Waals surface area contributed by atoms with Crippen LogP contribution in [0.3, 0.4) is 0 Å². The third-order valence-electron chi connectivity index (χ3n) is 15.8. The van der Waals surface area contributed by atoms with Gasteiger partial charge in [0, 0.05) is 73.1 Å². The molecule has 0 fully saturated rings. The average molecular weight is 862 g/mol. The molecule has 2 aromatic heterocycles. The number of rotatable bonds is 3. The number of hydrogen-bond acceptors (Lipinski definition) is 4. The maximum Gasteiger partial charge on any atom is 0.139 e. The van der Waals surface area contributed by atoms with Gasteiger partial charge in [-0.05, 0) is 129 Å². The molecule has 8 aromatic carbocycles. The van der Waals surface area contributed by atoms with Crippen LogP contribution in [-0.2, 0) is 10.8 Å². The lowest BCUT2D eigenvalue weighted by Gasteiger charge is -2.39. The van der Waals surface area contributed by atoms with E-state index in [1.165, 1.54) is 66.1 Å². The molecule has 1 spiro atoms. The molecule has 0 radical (unpaired) electrons. The molecule has 0 amide bonds. The number of benzene rings is 8. The zero-order valence-corrected chi connectivity index (χ0v) is 37.3. The standard InChI is InChI=1S/C63H43NO3/c1-36-43-17-7-6-16-39(43)32-58-59(36)46-29-26-42(35-57(46)66-58)64(40-25-28-45-51(33-40)62(2,3)60-47-18-8-11-21-54(47)67-61(45)60)41-24-27-44-48-30-37-14-4-5-15-38(37)31-52(48)63(53(44)34-41)49-19-9-12-22-55(49)65-56-23-13-10-20-50(56)63/h4-36,43H,1-3H3. The summed E-state index contributed by atoms with van der Waals surface area (Å²) >= 11 is 0. The highest BCUT2D eigenvalue weighted by Crippen LogP contribution is 2.64. The molecule has 4 nitrogen and oxygen atoms in total. The highest BCUT2D eigenvalue weighted by molar-refractivity contribution is 6.00. The predicted octanol–water partition coefficient (Wildman–Crippen LogP) is 16.8. The van der Waals surface area contributed by atoms with Crippen molar-refractivity contribution in [3.63, 3.8) is 0 Å². The first-order valence-electron chi connectivity index (χ1n) is 23.5. The van der Waals surface area contributed by atoms with Gasteiger partial charge in [0.2, 0.25) is 0 Å². The van der Waals surface area contributed by atoms with E-state index in [0.717, 1.165) is 67.9 Å². The number of hydrogen-bond donors (Lipinski definition) is 0. The summed E-state index contributed by atoms with van der Waals surface area (Å²) in [6.07, 6.45) is 11.1. The number of nitrogens with zero attached hydrogens (tertiary/aromatic N) is 1. The van der Waals surface area contributed by atoms with Crippen molar-refractivity contribution in [1.29, 1.82) is 0 Å². The van der Waals surface area contributed by atoms with Gasteiger partial charge in [0.05, 0.1) is 5.41 Å². The first-order valence-corrected chi connectivity index (χ1v) is 23.5. The average Bonchev–Trinajstić information content (AvgIpc) is 4.07. The zero-order valence-electron chi connectivity index (χ0n) is 37.3. The Morgan fingerprint density at radius 3 is 1.99 bits per heavy atom. The van der Waals surface area contributed by atoms with E-state index < -0.39 is 5.41 Å². The van der Waals surface area contributed by atoms with Gasteiger partial charge in [-0.3, -0.25) is 0 Å². The predicted molar refractivity (Wildman–Crippen MR) is 271 cm³/mol. The van der Waals surface area contributed by atoms with Crippen LogP contribution in [0.2, 0.25) is 0 Å². The van der Waals surface area contributed by atoms with E-state index >= 15 is 0 Å². The number of anilines is 3. The van der Waals surface area contributed by atoms with E-state index in [1.807, 2.05) is 0 Å². The fourth-order valence-corrected chi connectivity index (χ4v) is 12.9. The van der Waals surface area contributed by atoms with Crippen molar-refractivity contribution in [1.82, 2.24) is 0 Å². The van der Waals surface area contributed by atoms with Crippen LogP contribution >= 0.6 is 0 Å². The zero-order chi connectivity index (χ0) is 44.3. The molecule has 5 aliphatic rings. The first kappa shape index (κ1) is 37.2. The molecule has 67 heavy (non-hydrogen) atoms. The molecule has 0 N–H and O–H groups in total. The molecule has 0 bridgehead atoms. The van der Waals surface area contributed by atoms with Crippen molar-refractivity contribution in [2.45, 2.75) is 37.5 Å². The van der Waals surface area contributed by atoms with Gasteiger partial charge in [0.15, 0.2) is 0 Å². The Bertz CT molecular complexity index is 3880. The quantitative estimate of drug-likeness (QED) is 0.177. The minimum atomic E-state index is -0.648. The van der Waals surface area contributed by atoms with Crippen molar-refractivity contribution >= 4 is 55.8 Å². The fraction of sp³-hybridized carbons (Fsp3) is 0.111. The summed E-state index contributed by atoms with van der Waals surface area (Å²) in [5, 5.41) is 4.78. The summed E-state index contributed by atoms with van der Waals surface area (Å²) in [4.78, 5) is 2.44. The maximum atomic E-state index is 6.89. The second-order valence-corrected chi connectivity index (χ2v) is 19.6. The molecule has 1 aliphatic heterocycles. The van der Waals surface area contributed by atoms with Gasteiger partial charge in [0.1, 0.15) is 34.2 Å². The molecule has 2 unspecified atom stereocenters. The Balaban J connectivity index is 0.988. The molecule has 0 saturated heterocycles. The van der Waals surface area contributed by atoms with Crippen LogP contribution in [-0.4, -0.2) is 0 Å². The maximum absolute atomic E-state index is 6.89. The highest BCUT2D eigenvalue weighted by Gasteiger charge is 2.51. The topological polar surface area (TPSA) is 38.8 Å². The molecule has 10 aromatic rings. The Labute approximate surface area is 388 Å². The van der Waals surface area contributed by atoms with E-state index in [-0.39, 0.29) is 11.3 Å². The van der Waals surface area contributed by atoms with Crippen molar-refractivity contribution in [2.24, 2.45) is 5.92 Å². The Hall–Kier alpha value is -8.08. The van der Waals surface area contributed by atoms with Crippen LogP contribution in [0.4, 0.5) is 17.1 Å². The normalized spacial score (nSPS) is 18.1. The molecule has 2 atom stereocenters. The lowest BCUT2D eigenvalue weighted by atomic mass is 9.66. The molecule has 4 heteroatoms. The summed E-state index contributed by atoms with van der Waals surface area (Å²) in [5.41, 5.74) is 17.5. The van der Waals surface area contributed by atoms with Gasteiger partial charge in [-0.15, -0.1) is 0 Å². The lowest BCUT2D eigenvalue weighted by molar-refractivity contribution is 0.436. The Morgan fingerprint density at radius 1 is 0.522 bits per heavy atom. The highest BCUT2D eigenvalue weighted by atomic mass is 16.5. The van der Waals surface area contributed by atoms with Gasteiger partial charge >= 0.3 is 0 Å². The van der Waals surface area contributed by atoms with Gasteiger partial charge in [0.25, 0.3) is 0 Å². The monoisotopic (exact) mass is 861 g/mol. The van der Waals surface area contributed by atoms with Gasteiger partial charge in [-0.2, -0.15) is 0 Å². The van der Waals surface area contributed by atoms with E-state index in [1.54, 1.807) is 0 Å². The van der Waals surface area contributed by atoms with E-state index in [2.05, 4.69) is 220 Å². The number of fused-ring (bicyclic) bond motifs is 19. The Morgan fingerprint density at radius 2 is 1.18 bits per heavy atom. The molecule has 318 valence electrons. The lowest BCUT2D eigenvalue weighted by Crippen LogP contribution is -2.32. The second-order valence-electron chi connectivity index (χ2n) is 19.6. The number of furan rings is 2. The van der Waals surface area contributed by atoms with Gasteiger partial charge < -0.3 is 18.5 Å². The molecule has 0 saturated carbocycles. The minimum absolute atomic E-state index is 0.288. The van der Waals surface area contributed by atoms with E-state index in [4.69, 9.17) is 13.6 Å². The van der Waals surface area contributed by atoms with Crippen LogP contribution in [0.5, 0.6) is 11.5 Å². The van der Waals surface area contributed by atoms with Gasteiger partial charge in [-0.25, -0.2) is 0 Å². The summed E-state index contributed by atoms with van der Waals surface area (Å²) in [6.45, 7) is 7.01. The number of allylic oxidation sites excluding steroid dienone is 5. The third-order valence-corrected chi connectivity index (χ3v) is 15.8. The van der Waals surface area contributed by atoms with Crippen molar-refractivity contribution < 1.29 is 13.6 Å². The summed E-state index contributed by atoms with van der Waals surface area (Å²) in [6, 6.07) is 60.2. The van der Waals surface area contributed by atoms with Crippen LogP contribution in [0.15, 0.2) is 203 Å². The Kier molecular flexibility index (Phi) is 7.24. The minimum Gasteiger partial charge on any atom is -0.457 e. The summed E-state index contributed by atoms with van der Waals surface area (Å²) in [5.74, 6) is 4.30. The molecule has 4 aliphatic carbocycles. The largest absolute Gasteiger partial charge is 0.457 e. The third kappa shape index (κ3) is 4.82. The first-order chi connectivity index (χ1) is 32.9. The number of ether oxygens (including phenoxy) is 1. The summed E-state index contributed by atoms with van der Waals surface area (Å²) < 4.78 is 20.3. The van der Waals surface area contributed by atoms with Crippen molar-refractivity contribution in [3.05, 3.63) is 238 Å². The number of para-hydroxylation sites is 3. The fourth-order valence-electron chi connectivity index (χ4n) is 12.9. The molecular formula is C63H43NO3. The second kappa shape index (κ2) is 13.0. The molecular weight excluding hydrogens is 819 g/mol. The van der Waals surface area contributed by atoms with Crippen molar-refractivity contribution in [2.75, 3.05) is 4.90 Å². The molecule has 3 heterocycles. The van der Waals surface area contributed by atoms with Crippen LogP contribution in [0.25, 0.3) is 61.2 Å². The van der Waals surface area contributed by atoms with E-state index in [9.17, 15) is 0 Å². The SMILES string of the molecule is CC1c2c(oc3cc(N(c4ccc5c(c4)C(C)(C)c4c-5oc5ccccc45)c4ccc5c(c4)C4(c6ccccc6Oc6ccccc64)c4cc6ccccc6cc4-5)ccc23)C=C2C=CC=CC21. The van der Waals surface area contributed by atoms with Gasteiger partial charge in [-0.1, -0.05) is 130 Å². The van der Waals surface area contributed by atoms with Crippen LogP contribution in [0.1, 0.15) is 71.4 Å². The van der Waals surface area contributed by atoms with Crippen molar-refractivity contribution in [3.8, 4) is 33.9 Å². The van der Waals surface area contributed by atoms with E-state index in [0.29, 0.717) is 5.92 Å². The van der Waals surface area contributed by atoms with Crippen LogP contribution < -0.4 is 9.64 Å².